The summed E-state index contributed by atoms with van der Waals surface area (Å²) in [4.78, 5) is 0. The summed E-state index contributed by atoms with van der Waals surface area (Å²) >= 11 is 0. The Kier molecular flexibility index (Phi) is 2.92. The van der Waals surface area contributed by atoms with Crippen molar-refractivity contribution in [3.63, 3.8) is 0 Å². The molecule has 0 heteroatoms. The average molecular weight is 150 g/mol. The van der Waals surface area contributed by atoms with Crippen molar-refractivity contribution in [3.05, 3.63) is 23.3 Å². The van der Waals surface area contributed by atoms with E-state index in [-0.39, 0.29) is 0 Å². The van der Waals surface area contributed by atoms with Gasteiger partial charge in [-0.15, -0.1) is 0 Å². The van der Waals surface area contributed by atoms with Gasteiger partial charge in [0.15, 0.2) is 0 Å². The topological polar surface area (TPSA) is 0 Å². The fourth-order valence-electron chi connectivity index (χ4n) is 1.67. The molecule has 0 bridgehead atoms. The molecule has 1 aliphatic carbocycles. The van der Waals surface area contributed by atoms with Gasteiger partial charge >= 0.3 is 0 Å². The van der Waals surface area contributed by atoms with Crippen LogP contribution in [0.5, 0.6) is 0 Å². The van der Waals surface area contributed by atoms with Gasteiger partial charge in [-0.3, -0.25) is 0 Å². The van der Waals surface area contributed by atoms with E-state index in [1.807, 2.05) is 0 Å². The Balaban J connectivity index is 2.57. The predicted octanol–water partition coefficient (Wildman–Crippen LogP) is 3.70. The van der Waals surface area contributed by atoms with E-state index in [1.165, 1.54) is 19.3 Å². The summed E-state index contributed by atoms with van der Waals surface area (Å²) in [6.45, 7) is 6.82. The van der Waals surface area contributed by atoms with Crippen LogP contribution in [-0.2, 0) is 0 Å². The van der Waals surface area contributed by atoms with Crippen LogP contribution in [0.4, 0.5) is 0 Å². The molecule has 0 spiro atoms. The van der Waals surface area contributed by atoms with Gasteiger partial charge in [-0.2, -0.15) is 0 Å². The Morgan fingerprint density at radius 3 is 2.73 bits per heavy atom. The second kappa shape index (κ2) is 3.75. The first-order valence-electron chi connectivity index (χ1n) is 4.61. The fraction of sp³-hybridized carbons (Fsp3) is 0.636. The molecule has 0 atom stereocenters. The van der Waals surface area contributed by atoms with Crippen molar-refractivity contribution < 1.29 is 0 Å². The molecule has 0 radical (unpaired) electrons. The lowest BCUT2D eigenvalue weighted by Gasteiger charge is -2.07. The summed E-state index contributed by atoms with van der Waals surface area (Å²) in [7, 11) is 0. The molecule has 0 aliphatic heterocycles. The largest absolute Gasteiger partial charge is 0.0802 e. The van der Waals surface area contributed by atoms with E-state index >= 15 is 0 Å². The molecule has 0 aromatic rings. The zero-order valence-corrected chi connectivity index (χ0v) is 7.85. The van der Waals surface area contributed by atoms with Crippen LogP contribution in [0.25, 0.3) is 0 Å². The second-order valence-electron chi connectivity index (χ2n) is 3.69. The Bertz CT molecular complexity index is 182. The van der Waals surface area contributed by atoms with Gasteiger partial charge in [0, 0.05) is 0 Å². The number of hydrogen-bond donors (Lipinski definition) is 0. The third-order valence-electron chi connectivity index (χ3n) is 2.17. The molecule has 62 valence electrons. The van der Waals surface area contributed by atoms with Crippen molar-refractivity contribution in [1.29, 1.82) is 0 Å². The zero-order chi connectivity index (χ0) is 8.27. The summed E-state index contributed by atoms with van der Waals surface area (Å²) in [5.74, 6) is 0.812. The minimum absolute atomic E-state index is 0.812. The maximum Gasteiger partial charge on any atom is -0.0130 e. The highest BCUT2D eigenvalue weighted by atomic mass is 14.1. The van der Waals surface area contributed by atoms with Gasteiger partial charge in [0.2, 0.25) is 0 Å². The lowest BCUT2D eigenvalue weighted by atomic mass is 9.98. The second-order valence-corrected chi connectivity index (χ2v) is 3.69. The first kappa shape index (κ1) is 8.58. The quantitative estimate of drug-likeness (QED) is 0.575. The van der Waals surface area contributed by atoms with Crippen molar-refractivity contribution in [1.82, 2.24) is 0 Å². The highest BCUT2D eigenvalue weighted by Crippen LogP contribution is 2.26. The van der Waals surface area contributed by atoms with Crippen LogP contribution in [0.3, 0.4) is 0 Å². The molecule has 0 heterocycles. The molecule has 0 aromatic carbocycles. The van der Waals surface area contributed by atoms with Crippen LogP contribution in [0.2, 0.25) is 0 Å². The monoisotopic (exact) mass is 150 g/mol. The van der Waals surface area contributed by atoms with Gasteiger partial charge in [-0.25, -0.2) is 0 Å². The van der Waals surface area contributed by atoms with Gasteiger partial charge in [-0.1, -0.05) is 38.5 Å². The normalized spacial score (nSPS) is 17.1. The Morgan fingerprint density at radius 1 is 1.45 bits per heavy atom. The van der Waals surface area contributed by atoms with Crippen molar-refractivity contribution in [2.24, 2.45) is 5.92 Å². The molecule has 11 heavy (non-hydrogen) atoms. The molecule has 0 fully saturated rings. The molecule has 0 aromatic heterocycles. The highest BCUT2D eigenvalue weighted by molar-refractivity contribution is 5.33. The van der Waals surface area contributed by atoms with E-state index < -0.39 is 0 Å². The molecule has 0 N–H and O–H groups in total. The minimum Gasteiger partial charge on any atom is -0.0802 e. The molecule has 1 aliphatic rings. The van der Waals surface area contributed by atoms with Crippen molar-refractivity contribution in [3.8, 4) is 0 Å². The molecule has 0 saturated heterocycles. The van der Waals surface area contributed by atoms with E-state index in [0.29, 0.717) is 0 Å². The van der Waals surface area contributed by atoms with Gasteiger partial charge in [0.25, 0.3) is 0 Å². The van der Waals surface area contributed by atoms with Gasteiger partial charge < -0.3 is 0 Å². The number of hydrogen-bond acceptors (Lipinski definition) is 0. The van der Waals surface area contributed by atoms with Crippen LogP contribution >= 0.6 is 0 Å². The van der Waals surface area contributed by atoms with Crippen molar-refractivity contribution >= 4 is 0 Å². The molecular formula is C11H18. The van der Waals surface area contributed by atoms with Crippen LogP contribution in [0.15, 0.2) is 23.3 Å². The van der Waals surface area contributed by atoms with Crippen LogP contribution in [0, 0.1) is 5.92 Å². The summed E-state index contributed by atoms with van der Waals surface area (Å²) in [6, 6.07) is 0. The maximum atomic E-state index is 2.29. The lowest BCUT2D eigenvalue weighted by molar-refractivity contribution is 0.633. The predicted molar refractivity (Wildman–Crippen MR) is 50.5 cm³/mol. The SMILES string of the molecule is CCC1=C(CC(C)C)CC=C1. The Labute approximate surface area is 70.0 Å². The smallest absolute Gasteiger partial charge is 0.0130 e. The summed E-state index contributed by atoms with van der Waals surface area (Å²) in [5.41, 5.74) is 3.25. The Morgan fingerprint density at radius 2 is 2.18 bits per heavy atom. The van der Waals surface area contributed by atoms with Crippen LogP contribution in [-0.4, -0.2) is 0 Å². The number of allylic oxidation sites excluding steroid dienone is 4. The van der Waals surface area contributed by atoms with E-state index in [0.717, 1.165) is 5.92 Å². The highest BCUT2D eigenvalue weighted by Gasteiger charge is 2.08. The fourth-order valence-corrected chi connectivity index (χ4v) is 1.67. The maximum absolute atomic E-state index is 2.29. The number of rotatable bonds is 3. The van der Waals surface area contributed by atoms with Gasteiger partial charge in [0.05, 0.1) is 0 Å². The molecule has 0 saturated carbocycles. The summed E-state index contributed by atoms with van der Waals surface area (Å²) < 4.78 is 0. The molecule has 0 amide bonds. The van der Waals surface area contributed by atoms with E-state index in [1.54, 1.807) is 11.1 Å². The van der Waals surface area contributed by atoms with Crippen LogP contribution < -0.4 is 0 Å². The van der Waals surface area contributed by atoms with E-state index in [4.69, 9.17) is 0 Å². The summed E-state index contributed by atoms with van der Waals surface area (Å²) in [6.07, 6.45) is 8.28. The van der Waals surface area contributed by atoms with E-state index in [9.17, 15) is 0 Å². The first-order chi connectivity index (χ1) is 5.24. The molecule has 0 unspecified atom stereocenters. The van der Waals surface area contributed by atoms with Crippen molar-refractivity contribution in [2.45, 2.75) is 40.0 Å². The third-order valence-corrected chi connectivity index (χ3v) is 2.17. The van der Waals surface area contributed by atoms with Gasteiger partial charge in [-0.05, 0) is 30.8 Å². The first-order valence-corrected chi connectivity index (χ1v) is 4.61. The molecular weight excluding hydrogens is 132 g/mol. The minimum atomic E-state index is 0.812. The standard InChI is InChI=1S/C11H18/c1-4-10-6-5-7-11(10)8-9(2)3/h5-6,9H,4,7-8H2,1-3H3. The van der Waals surface area contributed by atoms with Crippen LogP contribution in [0.1, 0.15) is 40.0 Å². The average Bonchev–Trinajstić information content (AvgIpc) is 2.34. The summed E-state index contributed by atoms with van der Waals surface area (Å²) in [5, 5.41) is 0. The van der Waals surface area contributed by atoms with Crippen molar-refractivity contribution in [2.75, 3.05) is 0 Å². The Hall–Kier alpha value is -0.520. The zero-order valence-electron chi connectivity index (χ0n) is 7.85. The van der Waals surface area contributed by atoms with E-state index in [2.05, 4.69) is 32.9 Å². The molecule has 1 rings (SSSR count). The molecule has 0 nitrogen and oxygen atoms in total. The lowest BCUT2D eigenvalue weighted by Crippen LogP contribution is -1.91. The van der Waals surface area contributed by atoms with Gasteiger partial charge in [0.1, 0.15) is 0 Å². The third kappa shape index (κ3) is 2.21.